The van der Waals surface area contributed by atoms with Crippen molar-refractivity contribution in [2.24, 2.45) is 0 Å². The fourth-order valence-electron chi connectivity index (χ4n) is 4.14. The van der Waals surface area contributed by atoms with Crippen LogP contribution in [-0.4, -0.2) is 83.1 Å². The summed E-state index contributed by atoms with van der Waals surface area (Å²) in [6.07, 6.45) is 5.69. The molecule has 2 aromatic heterocycles. The molecule has 0 bridgehead atoms. The van der Waals surface area contributed by atoms with Gasteiger partial charge in [-0.15, -0.1) is 0 Å². The second-order valence-corrected chi connectivity index (χ2v) is 11.3. The molecular weight excluding hydrogens is 561 g/mol. The zero-order chi connectivity index (χ0) is 30.1. The van der Waals surface area contributed by atoms with E-state index in [2.05, 4.69) is 42.4 Å². The third-order valence-corrected chi connectivity index (χ3v) is 6.30. The Morgan fingerprint density at radius 2 is 1.74 bits per heavy atom. The van der Waals surface area contributed by atoms with Crippen molar-refractivity contribution in [1.82, 2.24) is 24.8 Å². The summed E-state index contributed by atoms with van der Waals surface area (Å²) >= 11 is 0. The summed E-state index contributed by atoms with van der Waals surface area (Å²) in [6, 6.07) is 17.4. The number of pyridine rings is 1. The van der Waals surface area contributed by atoms with Crippen molar-refractivity contribution in [1.29, 1.82) is 0 Å². The standard InChI is InChI=1S/C28H28FN7O.CH4O3S/c1-35-13-15-36(16-14-35)19-20-4-6-21(7-5-20)27(37)32-23-8-9-24(29)26(17-23)34-28-31-12-10-25(33-28)22-3-2-11-30-18-22;1-5(2,3)4/h2-12,17-18H,13-16,19H2,1H3,(H,32,37)(H,31,33,34);1H3,(H,2,3,4). The third kappa shape index (κ3) is 9.66. The fourth-order valence-corrected chi connectivity index (χ4v) is 4.14. The van der Waals surface area contributed by atoms with Crippen LogP contribution in [0.2, 0.25) is 0 Å². The first kappa shape index (κ1) is 30.7. The highest BCUT2D eigenvalue weighted by atomic mass is 32.2. The quantitative estimate of drug-likeness (QED) is 0.270. The molecule has 0 unspecified atom stereocenters. The summed E-state index contributed by atoms with van der Waals surface area (Å²) in [4.78, 5) is 30.3. The third-order valence-electron chi connectivity index (χ3n) is 6.30. The number of rotatable bonds is 7. The number of hydrogen-bond acceptors (Lipinski definition) is 9. The van der Waals surface area contributed by atoms with E-state index in [1.165, 1.54) is 23.8 Å². The monoisotopic (exact) mass is 593 g/mol. The van der Waals surface area contributed by atoms with Crippen molar-refractivity contribution in [2.75, 3.05) is 50.1 Å². The number of carbonyl (C=O) groups excluding carboxylic acids is 1. The number of anilines is 3. The van der Waals surface area contributed by atoms with Gasteiger partial charge in [-0.3, -0.25) is 19.2 Å². The van der Waals surface area contributed by atoms with Gasteiger partial charge in [0.2, 0.25) is 5.95 Å². The maximum Gasteiger partial charge on any atom is 0.261 e. The smallest absolute Gasteiger partial charge is 0.261 e. The van der Waals surface area contributed by atoms with E-state index in [4.69, 9.17) is 4.55 Å². The average molecular weight is 594 g/mol. The minimum atomic E-state index is -3.67. The Morgan fingerprint density at radius 3 is 2.40 bits per heavy atom. The number of nitrogens with zero attached hydrogens (tertiary/aromatic N) is 5. The number of hydrogen-bond donors (Lipinski definition) is 3. The Bertz CT molecular complexity index is 1590. The van der Waals surface area contributed by atoms with Crippen molar-refractivity contribution in [3.8, 4) is 11.3 Å². The van der Waals surface area contributed by atoms with Gasteiger partial charge in [0.1, 0.15) is 5.82 Å². The summed E-state index contributed by atoms with van der Waals surface area (Å²) in [6.45, 7) is 5.08. The van der Waals surface area contributed by atoms with Crippen LogP contribution in [0.25, 0.3) is 11.3 Å². The minimum Gasteiger partial charge on any atom is -0.322 e. The molecule has 4 aromatic rings. The van der Waals surface area contributed by atoms with Crippen LogP contribution in [0.5, 0.6) is 0 Å². The predicted octanol–water partition coefficient (Wildman–Crippen LogP) is 3.93. The molecule has 0 radical (unpaired) electrons. The van der Waals surface area contributed by atoms with Gasteiger partial charge in [0, 0.05) is 68.1 Å². The first-order valence-corrected chi connectivity index (χ1v) is 14.9. The largest absolute Gasteiger partial charge is 0.322 e. The number of nitrogens with one attached hydrogen (secondary N) is 2. The lowest BCUT2D eigenvalue weighted by atomic mass is 10.1. The molecule has 1 fully saturated rings. The molecule has 3 heterocycles. The Morgan fingerprint density at radius 1 is 1.02 bits per heavy atom. The summed E-state index contributed by atoms with van der Waals surface area (Å²) in [5, 5.41) is 5.75. The molecule has 13 heteroatoms. The Hall–Kier alpha value is -4.30. The van der Waals surface area contributed by atoms with Crippen LogP contribution in [0.4, 0.5) is 21.7 Å². The molecule has 0 atom stereocenters. The molecule has 3 N–H and O–H groups in total. The van der Waals surface area contributed by atoms with E-state index in [0.29, 0.717) is 23.2 Å². The van der Waals surface area contributed by atoms with E-state index in [0.717, 1.165) is 38.3 Å². The molecule has 0 aliphatic carbocycles. The Labute approximate surface area is 244 Å². The summed E-state index contributed by atoms with van der Waals surface area (Å²) in [5.74, 6) is -0.514. The molecule has 220 valence electrons. The summed E-state index contributed by atoms with van der Waals surface area (Å²) in [7, 11) is -1.53. The van der Waals surface area contributed by atoms with Crippen LogP contribution in [0, 0.1) is 5.82 Å². The molecule has 5 rings (SSSR count). The molecule has 1 amide bonds. The van der Waals surface area contributed by atoms with Crippen LogP contribution in [0.3, 0.4) is 0 Å². The molecule has 2 aromatic carbocycles. The van der Waals surface area contributed by atoms with Crippen molar-refractivity contribution in [3.63, 3.8) is 0 Å². The van der Waals surface area contributed by atoms with E-state index in [1.807, 2.05) is 36.4 Å². The maximum absolute atomic E-state index is 14.6. The van der Waals surface area contributed by atoms with Gasteiger partial charge < -0.3 is 15.5 Å². The van der Waals surface area contributed by atoms with Gasteiger partial charge in [0.25, 0.3) is 16.0 Å². The first-order chi connectivity index (χ1) is 20.0. The summed E-state index contributed by atoms with van der Waals surface area (Å²) < 4.78 is 40.4. The zero-order valence-electron chi connectivity index (χ0n) is 23.2. The SMILES string of the molecule is CN1CCN(Cc2ccc(C(=O)Nc3ccc(F)c(Nc4nccc(-c5cccnc5)n4)c3)cc2)CC1.CS(=O)(=O)O. The molecule has 11 nitrogen and oxygen atoms in total. The number of piperazine rings is 1. The molecule has 42 heavy (non-hydrogen) atoms. The highest BCUT2D eigenvalue weighted by Gasteiger charge is 2.15. The van der Waals surface area contributed by atoms with E-state index in [1.54, 1.807) is 24.7 Å². The van der Waals surface area contributed by atoms with E-state index in [9.17, 15) is 17.6 Å². The number of benzene rings is 2. The van der Waals surface area contributed by atoms with Gasteiger partial charge in [-0.1, -0.05) is 12.1 Å². The molecule has 0 saturated carbocycles. The Kier molecular flexibility index (Phi) is 10.3. The highest BCUT2D eigenvalue weighted by molar-refractivity contribution is 7.85. The maximum atomic E-state index is 14.6. The lowest BCUT2D eigenvalue weighted by molar-refractivity contribution is 0.102. The van der Waals surface area contributed by atoms with Crippen molar-refractivity contribution in [3.05, 3.63) is 96.2 Å². The van der Waals surface area contributed by atoms with Crippen molar-refractivity contribution in [2.45, 2.75) is 6.54 Å². The predicted molar refractivity (Wildman–Crippen MR) is 160 cm³/mol. The van der Waals surface area contributed by atoms with Gasteiger partial charge in [0.05, 0.1) is 17.6 Å². The van der Waals surface area contributed by atoms with Gasteiger partial charge in [0.15, 0.2) is 0 Å². The second kappa shape index (κ2) is 14.0. The average Bonchev–Trinajstić information content (AvgIpc) is 2.96. The van der Waals surface area contributed by atoms with Crippen molar-refractivity contribution < 1.29 is 22.2 Å². The second-order valence-electron chi connectivity index (χ2n) is 9.79. The molecule has 1 saturated heterocycles. The number of amides is 1. The molecular formula is C29H32FN7O4S. The van der Waals surface area contributed by atoms with Gasteiger partial charge in [-0.25, -0.2) is 14.4 Å². The normalized spacial score (nSPS) is 14.0. The van der Waals surface area contributed by atoms with Gasteiger partial charge in [-0.05, 0) is 61.1 Å². The van der Waals surface area contributed by atoms with Crippen LogP contribution < -0.4 is 10.6 Å². The van der Waals surface area contributed by atoms with E-state index in [-0.39, 0.29) is 17.5 Å². The number of carbonyl (C=O) groups is 1. The van der Waals surface area contributed by atoms with Crippen molar-refractivity contribution >= 4 is 33.3 Å². The number of likely N-dealkylation sites (N-methyl/N-ethyl adjacent to an activating group) is 1. The van der Waals surface area contributed by atoms with E-state index >= 15 is 0 Å². The number of halogens is 1. The van der Waals surface area contributed by atoms with Crippen LogP contribution >= 0.6 is 0 Å². The molecule has 1 aliphatic rings. The zero-order valence-corrected chi connectivity index (χ0v) is 24.1. The van der Waals surface area contributed by atoms with Crippen LogP contribution in [0.1, 0.15) is 15.9 Å². The van der Waals surface area contributed by atoms with Gasteiger partial charge in [-0.2, -0.15) is 8.42 Å². The first-order valence-electron chi connectivity index (χ1n) is 13.1. The van der Waals surface area contributed by atoms with Crippen LogP contribution in [0.15, 0.2) is 79.3 Å². The molecule has 0 spiro atoms. The van der Waals surface area contributed by atoms with Gasteiger partial charge >= 0.3 is 0 Å². The topological polar surface area (TPSA) is 141 Å². The lowest BCUT2D eigenvalue weighted by Crippen LogP contribution is -2.43. The van der Waals surface area contributed by atoms with Crippen LogP contribution in [-0.2, 0) is 16.7 Å². The lowest BCUT2D eigenvalue weighted by Gasteiger charge is -2.32. The fraction of sp³-hybridized carbons (Fsp3) is 0.241. The minimum absolute atomic E-state index is 0.156. The number of aromatic nitrogens is 3. The Balaban J connectivity index is 0.000000748. The van der Waals surface area contributed by atoms with E-state index < -0.39 is 15.9 Å². The highest BCUT2D eigenvalue weighted by Crippen LogP contribution is 2.24. The summed E-state index contributed by atoms with van der Waals surface area (Å²) in [5.41, 5.74) is 3.80. The molecule has 1 aliphatic heterocycles.